The monoisotopic (exact) mass is 497 g/mol. The number of aliphatic hydroxyl groups excluding tert-OH is 1. The van der Waals surface area contributed by atoms with Crippen LogP contribution in [0.4, 0.5) is 9.52 Å². The van der Waals surface area contributed by atoms with Crippen LogP contribution in [0.15, 0.2) is 54.7 Å². The Morgan fingerprint density at radius 3 is 2.49 bits per heavy atom. The molecule has 1 N–H and O–H groups in total. The molecule has 184 valence electrons. The lowest BCUT2D eigenvalue weighted by atomic mass is 10.2. The summed E-state index contributed by atoms with van der Waals surface area (Å²) in [6.07, 6.45) is 1.34. The third kappa shape index (κ3) is 5.79. The Hall–Kier alpha value is -3.05. The van der Waals surface area contributed by atoms with E-state index < -0.39 is 6.10 Å². The molecule has 4 aromatic rings. The fourth-order valence-corrected chi connectivity index (χ4v) is 5.02. The van der Waals surface area contributed by atoms with E-state index in [1.54, 1.807) is 35.1 Å². The first kappa shape index (κ1) is 23.7. The number of fused-ring (bicyclic) bond motifs is 1. The molecule has 8 nitrogen and oxygen atoms in total. The normalized spacial score (nSPS) is 15.6. The minimum Gasteiger partial charge on any atom is -0.497 e. The molecule has 1 aliphatic heterocycles. The molecule has 10 heteroatoms. The number of halogens is 1. The lowest BCUT2D eigenvalue weighted by Gasteiger charge is -2.35. The van der Waals surface area contributed by atoms with E-state index in [4.69, 9.17) is 14.6 Å². The average molecular weight is 498 g/mol. The summed E-state index contributed by atoms with van der Waals surface area (Å²) in [4.78, 5) is 9.96. The molecule has 1 unspecified atom stereocenters. The van der Waals surface area contributed by atoms with Crippen LogP contribution < -0.4 is 9.64 Å². The van der Waals surface area contributed by atoms with Crippen LogP contribution in [0.2, 0.25) is 0 Å². The number of hydrogen-bond acceptors (Lipinski definition) is 8. The maximum absolute atomic E-state index is 13.2. The average Bonchev–Trinajstić information content (AvgIpc) is 3.45. The highest BCUT2D eigenvalue weighted by Gasteiger charge is 2.22. The van der Waals surface area contributed by atoms with E-state index in [1.807, 2.05) is 30.5 Å². The van der Waals surface area contributed by atoms with Crippen LogP contribution in [-0.4, -0.2) is 77.1 Å². The van der Waals surface area contributed by atoms with Gasteiger partial charge in [0.1, 0.15) is 11.6 Å². The van der Waals surface area contributed by atoms with Gasteiger partial charge >= 0.3 is 0 Å². The largest absolute Gasteiger partial charge is 0.497 e. The van der Waals surface area contributed by atoms with Crippen molar-refractivity contribution in [2.75, 3.05) is 51.3 Å². The molecule has 0 spiro atoms. The van der Waals surface area contributed by atoms with E-state index in [0.717, 1.165) is 58.8 Å². The predicted molar refractivity (Wildman–Crippen MR) is 134 cm³/mol. The fraction of sp³-hybridized carbons (Fsp3) is 0.360. The zero-order valence-electron chi connectivity index (χ0n) is 19.5. The Morgan fingerprint density at radius 1 is 1.06 bits per heavy atom. The van der Waals surface area contributed by atoms with Gasteiger partial charge in [0.15, 0.2) is 0 Å². The third-order valence-corrected chi connectivity index (χ3v) is 7.01. The topological polar surface area (TPSA) is 75.4 Å². The Kier molecular flexibility index (Phi) is 7.24. The first-order valence-corrected chi connectivity index (χ1v) is 12.4. The Bertz CT molecular complexity index is 1200. The second kappa shape index (κ2) is 10.7. The van der Waals surface area contributed by atoms with Crippen molar-refractivity contribution >= 4 is 21.4 Å². The van der Waals surface area contributed by atoms with E-state index in [9.17, 15) is 9.50 Å². The number of aromatic nitrogens is 3. The number of aliphatic hydroxyl groups is 1. The van der Waals surface area contributed by atoms with E-state index in [-0.39, 0.29) is 5.82 Å². The van der Waals surface area contributed by atoms with Crippen molar-refractivity contribution in [3.8, 4) is 17.0 Å². The highest BCUT2D eigenvalue weighted by atomic mass is 32.1. The van der Waals surface area contributed by atoms with Crippen LogP contribution in [0.1, 0.15) is 5.56 Å². The van der Waals surface area contributed by atoms with Crippen molar-refractivity contribution in [1.29, 1.82) is 0 Å². The Morgan fingerprint density at radius 2 is 1.80 bits per heavy atom. The van der Waals surface area contributed by atoms with E-state index in [0.29, 0.717) is 19.8 Å². The summed E-state index contributed by atoms with van der Waals surface area (Å²) in [5, 5.41) is 16.0. The molecule has 0 amide bonds. The summed E-state index contributed by atoms with van der Waals surface area (Å²) in [7, 11) is 1.64. The molecular formula is C25H28FN5O3S. The number of imidazole rings is 1. The zero-order chi connectivity index (χ0) is 24.2. The molecule has 0 radical (unpaired) electrons. The van der Waals surface area contributed by atoms with Gasteiger partial charge in [0, 0.05) is 38.3 Å². The number of rotatable bonds is 9. The van der Waals surface area contributed by atoms with E-state index in [1.165, 1.54) is 12.1 Å². The second-order valence-electron chi connectivity index (χ2n) is 8.55. The summed E-state index contributed by atoms with van der Waals surface area (Å²) >= 11 is 1.55. The SMILES string of the molecule is COc1ccc(COCC(O)CN2CCN(c3nn4cc(-c5ccc(F)cc5)nc4s3)CC2)cc1. The molecule has 3 heterocycles. The van der Waals surface area contributed by atoms with Gasteiger partial charge in [0.05, 0.1) is 38.3 Å². The minimum atomic E-state index is -0.534. The van der Waals surface area contributed by atoms with E-state index in [2.05, 4.69) is 14.8 Å². The van der Waals surface area contributed by atoms with Crippen LogP contribution in [0.3, 0.4) is 0 Å². The quantitative estimate of drug-likeness (QED) is 0.380. The molecule has 1 aliphatic rings. The van der Waals surface area contributed by atoms with Gasteiger partial charge in [-0.05, 0) is 42.0 Å². The summed E-state index contributed by atoms with van der Waals surface area (Å²) in [5.41, 5.74) is 2.69. The summed E-state index contributed by atoms with van der Waals surface area (Å²) < 4.78 is 25.8. The minimum absolute atomic E-state index is 0.261. The van der Waals surface area contributed by atoms with Crippen LogP contribution in [0.25, 0.3) is 16.2 Å². The number of nitrogens with zero attached hydrogens (tertiary/aromatic N) is 5. The molecule has 35 heavy (non-hydrogen) atoms. The molecule has 1 fully saturated rings. The van der Waals surface area contributed by atoms with Crippen LogP contribution in [-0.2, 0) is 11.3 Å². The first-order valence-electron chi connectivity index (χ1n) is 11.6. The summed E-state index contributed by atoms with van der Waals surface area (Å²) in [6, 6.07) is 14.0. The second-order valence-corrected chi connectivity index (χ2v) is 9.48. The van der Waals surface area contributed by atoms with Crippen molar-refractivity contribution in [2.24, 2.45) is 0 Å². The molecule has 1 saturated heterocycles. The van der Waals surface area contributed by atoms with Gasteiger partial charge in [-0.3, -0.25) is 4.90 Å². The Labute approximate surface area is 207 Å². The fourth-order valence-electron chi connectivity index (χ4n) is 4.08. The number of ether oxygens (including phenoxy) is 2. The van der Waals surface area contributed by atoms with Crippen molar-refractivity contribution in [2.45, 2.75) is 12.7 Å². The number of piperazine rings is 1. The highest BCUT2D eigenvalue weighted by Crippen LogP contribution is 2.27. The molecule has 0 bridgehead atoms. The Balaban J connectivity index is 1.07. The molecule has 0 saturated carbocycles. The number of methoxy groups -OCH3 is 1. The van der Waals surface area contributed by atoms with Gasteiger partial charge in [0.2, 0.25) is 10.1 Å². The standard InChI is InChI=1S/C25H28FN5O3S/c1-33-22-8-2-18(3-9-22)16-34-17-21(32)14-29-10-12-30(13-11-29)25-28-31-15-23(27-24(31)35-25)19-4-6-20(26)7-5-19/h2-9,15,21,32H,10-14,16-17H2,1H3. The van der Waals surface area contributed by atoms with Gasteiger partial charge in [-0.15, -0.1) is 5.10 Å². The first-order chi connectivity index (χ1) is 17.1. The summed E-state index contributed by atoms with van der Waals surface area (Å²) in [5.74, 6) is 0.553. The lowest BCUT2D eigenvalue weighted by molar-refractivity contribution is 0.00912. The zero-order valence-corrected chi connectivity index (χ0v) is 20.3. The van der Waals surface area contributed by atoms with E-state index >= 15 is 0 Å². The molecule has 1 atom stereocenters. The maximum atomic E-state index is 13.2. The maximum Gasteiger partial charge on any atom is 0.214 e. The van der Waals surface area contributed by atoms with Gasteiger partial charge in [0.25, 0.3) is 0 Å². The molecule has 5 rings (SSSR count). The highest BCUT2D eigenvalue weighted by molar-refractivity contribution is 7.20. The number of benzene rings is 2. The van der Waals surface area contributed by atoms with Gasteiger partial charge in [-0.25, -0.2) is 13.9 Å². The number of anilines is 1. The molecular weight excluding hydrogens is 469 g/mol. The van der Waals surface area contributed by atoms with Crippen molar-refractivity contribution in [3.63, 3.8) is 0 Å². The van der Waals surface area contributed by atoms with Crippen molar-refractivity contribution < 1.29 is 19.0 Å². The van der Waals surface area contributed by atoms with Crippen LogP contribution >= 0.6 is 11.3 Å². The predicted octanol–water partition coefficient (Wildman–Crippen LogP) is 3.31. The third-order valence-electron chi connectivity index (χ3n) is 6.02. The smallest absolute Gasteiger partial charge is 0.214 e. The number of β-amino-alcohol motifs (C(OH)–C–C–N with tert-alkyl or cyclic N) is 1. The molecule has 0 aliphatic carbocycles. The van der Waals surface area contributed by atoms with Crippen molar-refractivity contribution in [3.05, 3.63) is 66.1 Å². The van der Waals surface area contributed by atoms with Crippen LogP contribution in [0.5, 0.6) is 5.75 Å². The van der Waals surface area contributed by atoms with Crippen LogP contribution in [0, 0.1) is 5.82 Å². The number of hydrogen-bond donors (Lipinski definition) is 1. The van der Waals surface area contributed by atoms with Gasteiger partial charge in [-0.2, -0.15) is 0 Å². The summed E-state index contributed by atoms with van der Waals surface area (Å²) in [6.45, 7) is 4.70. The van der Waals surface area contributed by atoms with Crippen molar-refractivity contribution in [1.82, 2.24) is 19.5 Å². The van der Waals surface area contributed by atoms with Gasteiger partial charge < -0.3 is 19.5 Å². The molecule has 2 aromatic carbocycles. The van der Waals surface area contributed by atoms with Gasteiger partial charge in [-0.1, -0.05) is 23.5 Å². The lowest BCUT2D eigenvalue weighted by Crippen LogP contribution is -2.49. The molecule has 2 aromatic heterocycles.